The third-order valence-electron chi connectivity index (χ3n) is 3.46. The maximum Gasteiger partial charge on any atom is 0.161 e. The second kappa shape index (κ2) is 3.98. The SMILES string of the molecule is COc1ccc(C)c(CCC2(N)CC2)c1O. The van der Waals surface area contributed by atoms with Crippen LogP contribution in [0.3, 0.4) is 0 Å². The van der Waals surface area contributed by atoms with Crippen molar-refractivity contribution in [2.24, 2.45) is 5.73 Å². The highest BCUT2D eigenvalue weighted by Crippen LogP contribution is 2.39. The first kappa shape index (κ1) is 11.3. The molecular weight excluding hydrogens is 202 g/mol. The van der Waals surface area contributed by atoms with E-state index in [0.717, 1.165) is 36.8 Å². The molecule has 2 rings (SSSR count). The summed E-state index contributed by atoms with van der Waals surface area (Å²) in [6.07, 6.45) is 3.98. The molecule has 0 bridgehead atoms. The highest BCUT2D eigenvalue weighted by atomic mass is 16.5. The minimum atomic E-state index is 0.0297. The molecule has 0 aromatic heterocycles. The van der Waals surface area contributed by atoms with E-state index >= 15 is 0 Å². The van der Waals surface area contributed by atoms with E-state index in [2.05, 4.69) is 0 Å². The van der Waals surface area contributed by atoms with E-state index in [0.29, 0.717) is 5.75 Å². The number of rotatable bonds is 4. The average molecular weight is 221 g/mol. The average Bonchev–Trinajstić information content (AvgIpc) is 2.97. The summed E-state index contributed by atoms with van der Waals surface area (Å²) in [6, 6.07) is 3.77. The molecule has 0 atom stereocenters. The van der Waals surface area contributed by atoms with Crippen molar-refractivity contribution in [3.63, 3.8) is 0 Å². The molecule has 1 fully saturated rings. The summed E-state index contributed by atoms with van der Waals surface area (Å²) < 4.78 is 5.11. The summed E-state index contributed by atoms with van der Waals surface area (Å²) in [5, 5.41) is 10.0. The number of phenols is 1. The van der Waals surface area contributed by atoms with Crippen LogP contribution in [0.5, 0.6) is 11.5 Å². The van der Waals surface area contributed by atoms with Crippen molar-refractivity contribution >= 4 is 0 Å². The van der Waals surface area contributed by atoms with Crippen LogP contribution in [-0.2, 0) is 6.42 Å². The van der Waals surface area contributed by atoms with E-state index < -0.39 is 0 Å². The number of ether oxygens (including phenoxy) is 1. The molecule has 0 spiro atoms. The molecule has 1 aromatic carbocycles. The molecule has 3 heteroatoms. The molecule has 88 valence electrons. The van der Waals surface area contributed by atoms with Crippen molar-refractivity contribution in [3.8, 4) is 11.5 Å². The van der Waals surface area contributed by atoms with Crippen molar-refractivity contribution in [1.29, 1.82) is 0 Å². The molecule has 3 N–H and O–H groups in total. The fraction of sp³-hybridized carbons (Fsp3) is 0.538. The number of hydrogen-bond donors (Lipinski definition) is 2. The van der Waals surface area contributed by atoms with Crippen LogP contribution < -0.4 is 10.5 Å². The van der Waals surface area contributed by atoms with Gasteiger partial charge in [-0.3, -0.25) is 0 Å². The van der Waals surface area contributed by atoms with Gasteiger partial charge in [-0.05, 0) is 44.2 Å². The molecule has 1 aliphatic carbocycles. The molecule has 0 aliphatic heterocycles. The van der Waals surface area contributed by atoms with Crippen molar-refractivity contribution < 1.29 is 9.84 Å². The predicted octanol–water partition coefficient (Wildman–Crippen LogP) is 2.13. The Morgan fingerprint density at radius 1 is 1.44 bits per heavy atom. The number of nitrogens with two attached hydrogens (primary N) is 1. The lowest BCUT2D eigenvalue weighted by atomic mass is 9.99. The molecule has 0 saturated heterocycles. The summed E-state index contributed by atoms with van der Waals surface area (Å²) in [6.45, 7) is 2.00. The zero-order valence-corrected chi connectivity index (χ0v) is 9.92. The van der Waals surface area contributed by atoms with E-state index in [1.807, 2.05) is 13.0 Å². The van der Waals surface area contributed by atoms with E-state index in [9.17, 15) is 5.11 Å². The van der Waals surface area contributed by atoms with Gasteiger partial charge in [0.05, 0.1) is 7.11 Å². The summed E-state index contributed by atoms with van der Waals surface area (Å²) in [4.78, 5) is 0. The highest BCUT2D eigenvalue weighted by molar-refractivity contribution is 5.49. The highest BCUT2D eigenvalue weighted by Gasteiger charge is 2.37. The Hall–Kier alpha value is -1.22. The smallest absolute Gasteiger partial charge is 0.161 e. The number of hydrogen-bond acceptors (Lipinski definition) is 3. The second-order valence-corrected chi connectivity index (χ2v) is 4.77. The number of aryl methyl sites for hydroxylation is 1. The molecule has 3 nitrogen and oxygen atoms in total. The van der Waals surface area contributed by atoms with Crippen molar-refractivity contribution in [2.75, 3.05) is 7.11 Å². The summed E-state index contributed by atoms with van der Waals surface area (Å²) in [5.41, 5.74) is 8.15. The van der Waals surface area contributed by atoms with E-state index in [1.54, 1.807) is 13.2 Å². The van der Waals surface area contributed by atoms with Crippen molar-refractivity contribution in [1.82, 2.24) is 0 Å². The van der Waals surface area contributed by atoms with Gasteiger partial charge in [0.25, 0.3) is 0 Å². The first-order chi connectivity index (χ1) is 7.56. The molecule has 1 aromatic rings. The Morgan fingerprint density at radius 3 is 2.69 bits per heavy atom. The van der Waals surface area contributed by atoms with Gasteiger partial charge in [0.2, 0.25) is 0 Å². The van der Waals surface area contributed by atoms with E-state index in [1.165, 1.54) is 0 Å². The molecule has 0 unspecified atom stereocenters. The first-order valence-electron chi connectivity index (χ1n) is 5.70. The quantitative estimate of drug-likeness (QED) is 0.819. The summed E-state index contributed by atoms with van der Waals surface area (Å²) >= 11 is 0. The Bertz CT molecular complexity index is 397. The minimum Gasteiger partial charge on any atom is -0.504 e. The van der Waals surface area contributed by atoms with Gasteiger partial charge in [0.1, 0.15) is 0 Å². The Balaban J connectivity index is 2.17. The van der Waals surface area contributed by atoms with Crippen LogP contribution >= 0.6 is 0 Å². The van der Waals surface area contributed by atoms with Crippen LogP contribution in [0.4, 0.5) is 0 Å². The van der Waals surface area contributed by atoms with Crippen molar-refractivity contribution in [2.45, 2.75) is 38.1 Å². The number of aromatic hydroxyl groups is 1. The molecule has 1 aliphatic rings. The zero-order chi connectivity index (χ0) is 11.8. The lowest BCUT2D eigenvalue weighted by molar-refractivity contribution is 0.369. The monoisotopic (exact) mass is 221 g/mol. The van der Waals surface area contributed by atoms with E-state index in [-0.39, 0.29) is 11.3 Å². The fourth-order valence-corrected chi connectivity index (χ4v) is 1.98. The van der Waals surface area contributed by atoms with Crippen LogP contribution in [0.2, 0.25) is 0 Å². The Labute approximate surface area is 96.2 Å². The van der Waals surface area contributed by atoms with E-state index in [4.69, 9.17) is 10.5 Å². The summed E-state index contributed by atoms with van der Waals surface area (Å²) in [5.74, 6) is 0.814. The third kappa shape index (κ3) is 2.14. The lowest BCUT2D eigenvalue weighted by Crippen LogP contribution is -2.22. The molecule has 0 radical (unpaired) electrons. The number of methoxy groups -OCH3 is 1. The Kier molecular flexibility index (Phi) is 2.80. The van der Waals surface area contributed by atoms with Crippen LogP contribution in [0.15, 0.2) is 12.1 Å². The first-order valence-corrected chi connectivity index (χ1v) is 5.70. The van der Waals surface area contributed by atoms with Crippen LogP contribution in [0, 0.1) is 6.92 Å². The Morgan fingerprint density at radius 2 is 2.12 bits per heavy atom. The molecular formula is C13H19NO2. The predicted molar refractivity (Wildman–Crippen MR) is 63.9 cm³/mol. The third-order valence-corrected chi connectivity index (χ3v) is 3.46. The van der Waals surface area contributed by atoms with Gasteiger partial charge in [-0.25, -0.2) is 0 Å². The molecule has 16 heavy (non-hydrogen) atoms. The molecule has 0 heterocycles. The van der Waals surface area contributed by atoms with Crippen LogP contribution in [0.25, 0.3) is 0 Å². The maximum absolute atomic E-state index is 10.0. The number of phenolic OH excluding ortho intramolecular Hbond substituents is 1. The maximum atomic E-state index is 10.0. The van der Waals surface area contributed by atoms with Gasteiger partial charge in [-0.15, -0.1) is 0 Å². The standard InChI is InChI=1S/C13H19NO2/c1-9-3-4-11(16-2)12(15)10(9)5-6-13(14)7-8-13/h3-4,15H,5-8,14H2,1-2H3. The van der Waals surface area contributed by atoms with Crippen LogP contribution in [0.1, 0.15) is 30.4 Å². The molecule has 0 amide bonds. The van der Waals surface area contributed by atoms with Gasteiger partial charge in [0, 0.05) is 11.1 Å². The van der Waals surface area contributed by atoms with Gasteiger partial charge in [-0.2, -0.15) is 0 Å². The fourth-order valence-electron chi connectivity index (χ4n) is 1.98. The van der Waals surface area contributed by atoms with Gasteiger partial charge in [-0.1, -0.05) is 6.07 Å². The lowest BCUT2D eigenvalue weighted by Gasteiger charge is -2.14. The van der Waals surface area contributed by atoms with Gasteiger partial charge < -0.3 is 15.6 Å². The second-order valence-electron chi connectivity index (χ2n) is 4.77. The van der Waals surface area contributed by atoms with Crippen LogP contribution in [-0.4, -0.2) is 17.8 Å². The normalized spacial score (nSPS) is 17.2. The largest absolute Gasteiger partial charge is 0.504 e. The van der Waals surface area contributed by atoms with Crippen molar-refractivity contribution in [3.05, 3.63) is 23.3 Å². The summed E-state index contributed by atoms with van der Waals surface area (Å²) in [7, 11) is 1.57. The van der Waals surface area contributed by atoms with Gasteiger partial charge in [0.15, 0.2) is 11.5 Å². The minimum absolute atomic E-state index is 0.0297. The number of benzene rings is 1. The molecule has 1 saturated carbocycles. The zero-order valence-electron chi connectivity index (χ0n) is 9.92. The van der Waals surface area contributed by atoms with Gasteiger partial charge >= 0.3 is 0 Å². The topological polar surface area (TPSA) is 55.5 Å².